The summed E-state index contributed by atoms with van der Waals surface area (Å²) < 4.78 is 2.06. The molecule has 23 heavy (non-hydrogen) atoms. The largest absolute Gasteiger partial charge is 0.351 e. The Hall–Kier alpha value is -1.08. The second-order valence-corrected chi connectivity index (χ2v) is 8.35. The van der Waals surface area contributed by atoms with E-state index >= 15 is 0 Å². The van der Waals surface area contributed by atoms with Gasteiger partial charge in [0, 0.05) is 18.5 Å². The average Bonchev–Trinajstić information content (AvgIpc) is 2.84. The molecule has 0 bridgehead atoms. The van der Waals surface area contributed by atoms with Crippen LogP contribution in [-0.2, 0) is 11.8 Å². The molecule has 0 aromatic carbocycles. The predicted octanol–water partition coefficient (Wildman–Crippen LogP) is 2.07. The number of hydrogen-bond acceptors (Lipinski definition) is 5. The van der Waals surface area contributed by atoms with Gasteiger partial charge in [0.1, 0.15) is 5.82 Å². The summed E-state index contributed by atoms with van der Waals surface area (Å²) in [6, 6.07) is 0. The van der Waals surface area contributed by atoms with Crippen molar-refractivity contribution in [2.75, 3.05) is 13.1 Å². The minimum Gasteiger partial charge on any atom is -0.351 e. The molecule has 1 aliphatic heterocycles. The zero-order valence-electron chi connectivity index (χ0n) is 14.8. The maximum absolute atomic E-state index is 12.4. The zero-order chi connectivity index (χ0) is 17.0. The van der Waals surface area contributed by atoms with Gasteiger partial charge in [-0.1, -0.05) is 18.7 Å². The highest BCUT2D eigenvalue weighted by Crippen LogP contribution is 2.29. The van der Waals surface area contributed by atoms with E-state index in [1.54, 1.807) is 0 Å². The van der Waals surface area contributed by atoms with Gasteiger partial charge >= 0.3 is 0 Å². The van der Waals surface area contributed by atoms with Crippen LogP contribution in [0, 0.1) is 0 Å². The van der Waals surface area contributed by atoms with Gasteiger partial charge in [-0.15, -0.1) is 10.2 Å². The highest BCUT2D eigenvalue weighted by Gasteiger charge is 2.26. The minimum atomic E-state index is -0.217. The van der Waals surface area contributed by atoms with Gasteiger partial charge in [0.15, 0.2) is 5.16 Å². The summed E-state index contributed by atoms with van der Waals surface area (Å²) in [6.45, 7) is 10.1. The SMILES string of the molecule is CC[C@H](Sc1nnc(C2CCNCC2)n1C)C(=O)NC(C)(C)C. The molecule has 0 radical (unpaired) electrons. The number of hydrogen-bond donors (Lipinski definition) is 2. The predicted molar refractivity (Wildman–Crippen MR) is 93.7 cm³/mol. The number of rotatable bonds is 5. The van der Waals surface area contributed by atoms with Crippen molar-refractivity contribution in [1.29, 1.82) is 0 Å². The third-order valence-electron chi connectivity index (χ3n) is 3.98. The van der Waals surface area contributed by atoms with Crippen molar-refractivity contribution in [2.45, 2.75) is 68.8 Å². The Balaban J connectivity index is 2.06. The molecule has 1 aromatic rings. The maximum Gasteiger partial charge on any atom is 0.233 e. The number of aromatic nitrogens is 3. The molecule has 1 fully saturated rings. The molecule has 1 aromatic heterocycles. The number of amides is 1. The van der Waals surface area contributed by atoms with Gasteiger partial charge < -0.3 is 15.2 Å². The van der Waals surface area contributed by atoms with Gasteiger partial charge in [0.05, 0.1) is 5.25 Å². The summed E-state index contributed by atoms with van der Waals surface area (Å²) in [7, 11) is 2.01. The van der Waals surface area contributed by atoms with Gasteiger partial charge in [-0.2, -0.15) is 0 Å². The van der Waals surface area contributed by atoms with Gasteiger partial charge in [-0.25, -0.2) is 0 Å². The standard InChI is InChI=1S/C16H29N5OS/c1-6-12(14(22)18-16(2,3)4)23-15-20-19-13(21(15)5)11-7-9-17-10-8-11/h11-12,17H,6-10H2,1-5H3,(H,18,22)/t12-/m0/s1. The summed E-state index contributed by atoms with van der Waals surface area (Å²) >= 11 is 1.51. The van der Waals surface area contributed by atoms with Crippen LogP contribution in [0.4, 0.5) is 0 Å². The molecule has 2 rings (SSSR count). The van der Waals surface area contributed by atoms with E-state index in [1.807, 2.05) is 34.7 Å². The first-order chi connectivity index (χ1) is 10.8. The van der Waals surface area contributed by atoms with Crippen molar-refractivity contribution in [1.82, 2.24) is 25.4 Å². The first kappa shape index (κ1) is 18.3. The Morgan fingerprint density at radius 3 is 2.61 bits per heavy atom. The smallest absolute Gasteiger partial charge is 0.233 e. The molecule has 6 nitrogen and oxygen atoms in total. The van der Waals surface area contributed by atoms with Crippen molar-refractivity contribution in [3.05, 3.63) is 5.82 Å². The fourth-order valence-electron chi connectivity index (χ4n) is 2.76. The topological polar surface area (TPSA) is 71.8 Å². The number of carbonyl (C=O) groups is 1. The van der Waals surface area contributed by atoms with E-state index in [0.717, 1.165) is 43.3 Å². The van der Waals surface area contributed by atoms with Crippen LogP contribution in [0.3, 0.4) is 0 Å². The van der Waals surface area contributed by atoms with Gasteiger partial charge in [0.2, 0.25) is 5.91 Å². The monoisotopic (exact) mass is 339 g/mol. The Labute approximate surface area is 143 Å². The number of thioether (sulfide) groups is 1. The second kappa shape index (κ2) is 7.66. The summed E-state index contributed by atoms with van der Waals surface area (Å²) in [4.78, 5) is 12.4. The Morgan fingerprint density at radius 1 is 1.39 bits per heavy atom. The third kappa shape index (κ3) is 4.94. The van der Waals surface area contributed by atoms with Crippen LogP contribution >= 0.6 is 11.8 Å². The molecule has 0 spiro atoms. The van der Waals surface area contributed by atoms with Crippen LogP contribution in [0.15, 0.2) is 5.16 Å². The number of nitrogens with zero attached hydrogens (tertiary/aromatic N) is 3. The summed E-state index contributed by atoms with van der Waals surface area (Å²) in [5.74, 6) is 1.57. The van der Waals surface area contributed by atoms with E-state index < -0.39 is 0 Å². The molecule has 1 amide bonds. The van der Waals surface area contributed by atoms with E-state index in [1.165, 1.54) is 11.8 Å². The number of nitrogens with one attached hydrogen (secondary N) is 2. The van der Waals surface area contributed by atoms with Gasteiger partial charge in [0.25, 0.3) is 0 Å². The third-order valence-corrected chi connectivity index (χ3v) is 5.38. The number of piperidine rings is 1. The highest BCUT2D eigenvalue weighted by atomic mass is 32.2. The van der Waals surface area contributed by atoms with Crippen LogP contribution in [0.1, 0.15) is 58.7 Å². The van der Waals surface area contributed by atoms with E-state index in [2.05, 4.69) is 25.4 Å². The van der Waals surface area contributed by atoms with Crippen LogP contribution in [0.5, 0.6) is 0 Å². The Kier molecular flexibility index (Phi) is 6.08. The lowest BCUT2D eigenvalue weighted by Crippen LogP contribution is -2.44. The highest BCUT2D eigenvalue weighted by molar-refractivity contribution is 8.00. The molecule has 0 saturated carbocycles. The molecule has 2 N–H and O–H groups in total. The average molecular weight is 340 g/mol. The molecule has 1 saturated heterocycles. The summed E-state index contributed by atoms with van der Waals surface area (Å²) in [6.07, 6.45) is 2.96. The Morgan fingerprint density at radius 2 is 2.04 bits per heavy atom. The molecule has 130 valence electrons. The van der Waals surface area contributed by atoms with Crippen molar-refractivity contribution in [2.24, 2.45) is 7.05 Å². The lowest BCUT2D eigenvalue weighted by molar-refractivity contribution is -0.122. The fourth-order valence-corrected chi connectivity index (χ4v) is 3.69. The summed E-state index contributed by atoms with van der Waals surface area (Å²) in [5.41, 5.74) is -0.217. The maximum atomic E-state index is 12.4. The van der Waals surface area contributed by atoms with E-state index in [9.17, 15) is 4.79 Å². The molecular formula is C16H29N5OS. The molecule has 1 aliphatic rings. The molecule has 1 atom stereocenters. The molecule has 7 heteroatoms. The first-order valence-electron chi connectivity index (χ1n) is 8.40. The second-order valence-electron chi connectivity index (χ2n) is 7.18. The van der Waals surface area contributed by atoms with Gasteiger partial charge in [-0.05, 0) is 53.1 Å². The van der Waals surface area contributed by atoms with E-state index in [4.69, 9.17) is 0 Å². The number of carbonyl (C=O) groups excluding carboxylic acids is 1. The Bertz CT molecular complexity index is 531. The minimum absolute atomic E-state index is 0.0661. The lowest BCUT2D eigenvalue weighted by atomic mass is 9.97. The van der Waals surface area contributed by atoms with Crippen molar-refractivity contribution >= 4 is 17.7 Å². The van der Waals surface area contributed by atoms with Crippen LogP contribution < -0.4 is 10.6 Å². The van der Waals surface area contributed by atoms with Crippen molar-refractivity contribution in [3.63, 3.8) is 0 Å². The van der Waals surface area contributed by atoms with Crippen LogP contribution in [0.2, 0.25) is 0 Å². The van der Waals surface area contributed by atoms with Crippen LogP contribution in [-0.4, -0.2) is 44.6 Å². The van der Waals surface area contributed by atoms with Gasteiger partial charge in [-0.3, -0.25) is 4.79 Å². The first-order valence-corrected chi connectivity index (χ1v) is 9.28. The normalized spacial score (nSPS) is 18.0. The quantitative estimate of drug-likeness (QED) is 0.804. The van der Waals surface area contributed by atoms with E-state index in [-0.39, 0.29) is 16.7 Å². The van der Waals surface area contributed by atoms with Crippen LogP contribution in [0.25, 0.3) is 0 Å². The van der Waals surface area contributed by atoms with Crippen molar-refractivity contribution < 1.29 is 4.79 Å². The summed E-state index contributed by atoms with van der Waals surface area (Å²) in [5, 5.41) is 15.8. The van der Waals surface area contributed by atoms with E-state index in [0.29, 0.717) is 5.92 Å². The fraction of sp³-hybridized carbons (Fsp3) is 0.812. The molecule has 2 heterocycles. The molecule has 0 aliphatic carbocycles. The lowest BCUT2D eigenvalue weighted by Gasteiger charge is -2.24. The molecular weight excluding hydrogens is 310 g/mol. The molecule has 0 unspecified atom stereocenters. The zero-order valence-corrected chi connectivity index (χ0v) is 15.7. The van der Waals surface area contributed by atoms with Crippen molar-refractivity contribution in [3.8, 4) is 0 Å².